The lowest BCUT2D eigenvalue weighted by Gasteiger charge is -2.54. The lowest BCUT2D eigenvalue weighted by molar-refractivity contribution is -0.168. The summed E-state index contributed by atoms with van der Waals surface area (Å²) in [6.07, 6.45) is 4.05. The molecular weight excluding hydrogens is 252 g/mol. The first-order chi connectivity index (χ1) is 9.24. The number of hydrogen-bond acceptors (Lipinski definition) is 3. The molecule has 0 bridgehead atoms. The molecule has 2 rings (SSSR count). The third-order valence-electron chi connectivity index (χ3n) is 4.79. The van der Waals surface area contributed by atoms with Crippen LogP contribution in [0.3, 0.4) is 0 Å². The zero-order valence-electron chi connectivity index (χ0n) is 12.9. The van der Waals surface area contributed by atoms with E-state index >= 15 is 0 Å². The summed E-state index contributed by atoms with van der Waals surface area (Å²) < 4.78 is 5.41. The topological polar surface area (TPSA) is 43.4 Å². The number of rotatable bonds is 1. The Bertz CT molecular complexity index is 484. The number of ketones is 1. The number of hydrogen-bond donors (Lipinski definition) is 0. The Balaban J connectivity index is 2.40. The van der Waals surface area contributed by atoms with Crippen LogP contribution in [0.2, 0.25) is 0 Å². The number of Topliss-reactive ketones (excluding diaryl/α,β-unsaturated/α-hetero) is 1. The average molecular weight is 276 g/mol. The number of carbonyl (C=O) groups excluding carboxylic acids is 2. The Morgan fingerprint density at radius 3 is 2.65 bits per heavy atom. The van der Waals surface area contributed by atoms with Crippen molar-refractivity contribution in [2.24, 2.45) is 17.3 Å². The third kappa shape index (κ3) is 2.58. The molecular formula is C17H24O3. The minimum atomic E-state index is -0.660. The summed E-state index contributed by atoms with van der Waals surface area (Å²) in [5.41, 5.74) is 1.89. The molecule has 2 aliphatic carbocycles. The molecule has 0 aromatic carbocycles. The van der Waals surface area contributed by atoms with Crippen molar-refractivity contribution in [2.45, 2.75) is 53.1 Å². The van der Waals surface area contributed by atoms with Gasteiger partial charge in [0.15, 0.2) is 11.9 Å². The van der Waals surface area contributed by atoms with Crippen LogP contribution in [-0.2, 0) is 14.3 Å². The number of allylic oxidation sites excluding steroid dienone is 2. The highest BCUT2D eigenvalue weighted by atomic mass is 16.5. The van der Waals surface area contributed by atoms with Gasteiger partial charge in [-0.25, -0.2) is 0 Å². The van der Waals surface area contributed by atoms with E-state index in [1.54, 1.807) is 0 Å². The Hall–Kier alpha value is -1.38. The molecule has 1 fully saturated rings. The largest absolute Gasteiger partial charge is 0.454 e. The van der Waals surface area contributed by atoms with E-state index in [2.05, 4.69) is 20.4 Å². The Kier molecular flexibility index (Phi) is 3.90. The van der Waals surface area contributed by atoms with Crippen molar-refractivity contribution in [3.63, 3.8) is 0 Å². The predicted molar refractivity (Wildman–Crippen MR) is 78.1 cm³/mol. The highest BCUT2D eigenvalue weighted by molar-refractivity contribution is 5.99. The van der Waals surface area contributed by atoms with Crippen molar-refractivity contribution < 1.29 is 14.3 Å². The maximum Gasteiger partial charge on any atom is 0.303 e. The van der Waals surface area contributed by atoms with Crippen LogP contribution in [0.15, 0.2) is 23.8 Å². The maximum absolute atomic E-state index is 12.6. The number of fused-ring (bicyclic) bond motifs is 1. The second kappa shape index (κ2) is 5.19. The van der Waals surface area contributed by atoms with Gasteiger partial charge in [-0.05, 0) is 43.1 Å². The number of esters is 1. The molecule has 0 aromatic rings. The van der Waals surface area contributed by atoms with Gasteiger partial charge >= 0.3 is 5.97 Å². The van der Waals surface area contributed by atoms with E-state index in [9.17, 15) is 9.59 Å². The predicted octanol–water partition coefficient (Wildman–Crippen LogP) is 3.45. The monoisotopic (exact) mass is 276 g/mol. The van der Waals surface area contributed by atoms with Crippen molar-refractivity contribution >= 4 is 11.8 Å². The molecule has 1 saturated carbocycles. The minimum absolute atomic E-state index is 0.00794. The van der Waals surface area contributed by atoms with Gasteiger partial charge in [0.1, 0.15) is 0 Å². The fourth-order valence-corrected chi connectivity index (χ4v) is 3.69. The first-order valence-corrected chi connectivity index (χ1v) is 7.30. The van der Waals surface area contributed by atoms with Crippen molar-refractivity contribution in [3.05, 3.63) is 23.8 Å². The van der Waals surface area contributed by atoms with Crippen LogP contribution in [-0.4, -0.2) is 17.9 Å². The Morgan fingerprint density at radius 1 is 1.45 bits per heavy atom. The van der Waals surface area contributed by atoms with Gasteiger partial charge in [-0.2, -0.15) is 0 Å². The summed E-state index contributed by atoms with van der Waals surface area (Å²) in [5.74, 6) is -0.0921. The molecule has 20 heavy (non-hydrogen) atoms. The molecule has 2 aliphatic rings. The summed E-state index contributed by atoms with van der Waals surface area (Å²) >= 11 is 0. The second-order valence-electron chi connectivity index (χ2n) is 6.80. The van der Waals surface area contributed by atoms with Crippen LogP contribution in [0, 0.1) is 17.3 Å². The van der Waals surface area contributed by atoms with Gasteiger partial charge in [0, 0.05) is 12.8 Å². The van der Waals surface area contributed by atoms with Crippen molar-refractivity contribution in [2.75, 3.05) is 0 Å². The molecule has 3 unspecified atom stereocenters. The normalized spacial score (nSPS) is 35.6. The first kappa shape index (κ1) is 15.0. The summed E-state index contributed by atoms with van der Waals surface area (Å²) in [4.78, 5) is 24.0. The first-order valence-electron chi connectivity index (χ1n) is 7.30. The van der Waals surface area contributed by atoms with Crippen molar-refractivity contribution in [1.29, 1.82) is 0 Å². The molecule has 0 heterocycles. The summed E-state index contributed by atoms with van der Waals surface area (Å²) in [7, 11) is 0. The molecule has 0 spiro atoms. The van der Waals surface area contributed by atoms with Crippen LogP contribution in [0.5, 0.6) is 0 Å². The molecule has 110 valence electrons. The van der Waals surface area contributed by atoms with Crippen LogP contribution in [0.1, 0.15) is 47.0 Å². The van der Waals surface area contributed by atoms with E-state index in [-0.39, 0.29) is 29.0 Å². The minimum Gasteiger partial charge on any atom is -0.454 e. The zero-order chi connectivity index (χ0) is 15.1. The van der Waals surface area contributed by atoms with Gasteiger partial charge < -0.3 is 4.74 Å². The molecule has 0 N–H and O–H groups in total. The van der Waals surface area contributed by atoms with Crippen LogP contribution >= 0.6 is 0 Å². The van der Waals surface area contributed by atoms with Gasteiger partial charge in [-0.1, -0.05) is 32.1 Å². The highest BCUT2D eigenvalue weighted by Gasteiger charge is 2.55. The van der Waals surface area contributed by atoms with Crippen LogP contribution in [0.25, 0.3) is 0 Å². The van der Waals surface area contributed by atoms with Crippen LogP contribution < -0.4 is 0 Å². The van der Waals surface area contributed by atoms with E-state index in [1.165, 1.54) is 12.5 Å². The summed E-state index contributed by atoms with van der Waals surface area (Å²) in [5, 5.41) is 0. The smallest absolute Gasteiger partial charge is 0.303 e. The fourth-order valence-electron chi connectivity index (χ4n) is 3.69. The van der Waals surface area contributed by atoms with Gasteiger partial charge in [-0.15, -0.1) is 0 Å². The average Bonchev–Trinajstić information content (AvgIpc) is 2.35. The molecule has 0 saturated heterocycles. The van der Waals surface area contributed by atoms with Crippen molar-refractivity contribution in [3.8, 4) is 0 Å². The van der Waals surface area contributed by atoms with E-state index < -0.39 is 6.10 Å². The lowest BCUT2D eigenvalue weighted by Crippen LogP contribution is -2.54. The molecule has 0 aliphatic heterocycles. The second-order valence-corrected chi connectivity index (χ2v) is 6.80. The zero-order valence-corrected chi connectivity index (χ0v) is 12.9. The molecule has 0 amide bonds. The van der Waals surface area contributed by atoms with Gasteiger partial charge in [-0.3, -0.25) is 9.59 Å². The Morgan fingerprint density at radius 2 is 2.10 bits per heavy atom. The SMILES string of the molecule is C=C1CC/C=C(/C)C(=O)C(OC(C)=O)C2C1CC2(C)C. The quantitative estimate of drug-likeness (QED) is 0.544. The van der Waals surface area contributed by atoms with E-state index in [1.807, 2.05) is 13.0 Å². The standard InChI is InChI=1S/C17H24O3/c1-10-7-6-8-11(2)15(19)16(20-12(3)18)14-13(10)9-17(14,4)5/h8,13-14,16H,1,6-7,9H2,2-5H3/b11-8-. The van der Waals surface area contributed by atoms with Gasteiger partial charge in [0.25, 0.3) is 0 Å². The van der Waals surface area contributed by atoms with Gasteiger partial charge in [0.05, 0.1) is 0 Å². The van der Waals surface area contributed by atoms with Gasteiger partial charge in [0.2, 0.25) is 0 Å². The fraction of sp³-hybridized carbons (Fsp3) is 0.647. The molecule has 0 aromatic heterocycles. The molecule has 3 atom stereocenters. The van der Waals surface area contributed by atoms with E-state index in [4.69, 9.17) is 4.74 Å². The van der Waals surface area contributed by atoms with Crippen molar-refractivity contribution in [1.82, 2.24) is 0 Å². The van der Waals surface area contributed by atoms with Crippen LogP contribution in [0.4, 0.5) is 0 Å². The Labute approximate surface area is 121 Å². The number of carbonyl (C=O) groups is 2. The van der Waals surface area contributed by atoms with E-state index in [0.29, 0.717) is 5.57 Å². The molecule has 3 heteroatoms. The third-order valence-corrected chi connectivity index (χ3v) is 4.79. The molecule has 3 nitrogen and oxygen atoms in total. The highest BCUT2D eigenvalue weighted by Crippen LogP contribution is 2.56. The lowest BCUT2D eigenvalue weighted by atomic mass is 9.51. The summed E-state index contributed by atoms with van der Waals surface area (Å²) in [6, 6.07) is 0. The maximum atomic E-state index is 12.6. The molecule has 0 radical (unpaired) electrons. The summed E-state index contributed by atoms with van der Waals surface area (Å²) in [6.45, 7) is 11.7. The number of ether oxygens (including phenoxy) is 1. The van der Waals surface area contributed by atoms with E-state index in [0.717, 1.165) is 19.3 Å².